The van der Waals surface area contributed by atoms with E-state index in [1.54, 1.807) is 0 Å². The van der Waals surface area contributed by atoms with Crippen molar-refractivity contribution in [2.45, 2.75) is 24.7 Å². The smallest absolute Gasteiger partial charge is 0.180 e. The quantitative estimate of drug-likeness (QED) is 0.721. The van der Waals surface area contributed by atoms with Gasteiger partial charge < -0.3 is 10.6 Å². The lowest BCUT2D eigenvalue weighted by Crippen LogP contribution is -2.28. The number of hydrogen-bond acceptors (Lipinski definition) is 8. The van der Waals surface area contributed by atoms with Crippen LogP contribution in [-0.4, -0.2) is 56.6 Å². The van der Waals surface area contributed by atoms with Gasteiger partial charge in [-0.3, -0.25) is 9.41 Å². The van der Waals surface area contributed by atoms with Crippen molar-refractivity contribution in [3.63, 3.8) is 0 Å². The molecular weight excluding hydrogens is 360 g/mol. The van der Waals surface area contributed by atoms with Crippen LogP contribution in [0.4, 0.5) is 10.8 Å². The zero-order valence-corrected chi connectivity index (χ0v) is 16.0. The lowest BCUT2D eigenvalue weighted by molar-refractivity contribution is 0.380. The number of fused-ring (bicyclic) bond motifs is 1. The van der Waals surface area contributed by atoms with Crippen LogP contribution in [0.3, 0.4) is 0 Å². The Balaban J connectivity index is 1.40. The third-order valence-corrected chi connectivity index (χ3v) is 5.95. The van der Waals surface area contributed by atoms with Gasteiger partial charge in [0.05, 0.1) is 23.5 Å². The molecule has 0 saturated carbocycles. The van der Waals surface area contributed by atoms with Crippen LogP contribution in [0.2, 0.25) is 0 Å². The molecule has 2 unspecified atom stereocenters. The molecule has 1 fully saturated rings. The summed E-state index contributed by atoms with van der Waals surface area (Å²) >= 11 is 1.49. The highest BCUT2D eigenvalue weighted by Crippen LogP contribution is 2.30. The molecular formula is C18H22N8S. The van der Waals surface area contributed by atoms with Gasteiger partial charge in [-0.1, -0.05) is 0 Å². The Bertz CT molecular complexity index is 971. The monoisotopic (exact) mass is 382 g/mol. The second-order valence-corrected chi connectivity index (χ2v) is 7.95. The minimum absolute atomic E-state index is 0.244. The molecule has 27 heavy (non-hydrogen) atoms. The molecule has 0 aromatic carbocycles. The van der Waals surface area contributed by atoms with Gasteiger partial charge in [0.25, 0.3) is 0 Å². The molecule has 3 aromatic heterocycles. The number of likely N-dealkylation sites (N-methyl/N-ethyl adjacent to an activating group) is 1. The Labute approximate surface area is 161 Å². The van der Waals surface area contributed by atoms with Gasteiger partial charge in [0, 0.05) is 44.7 Å². The summed E-state index contributed by atoms with van der Waals surface area (Å²) in [5.41, 5.74) is 3.11. The van der Waals surface area contributed by atoms with Crippen LogP contribution in [0.5, 0.6) is 0 Å². The van der Waals surface area contributed by atoms with Crippen LogP contribution in [0.25, 0.3) is 5.65 Å². The highest BCUT2D eigenvalue weighted by atomic mass is 32.1. The molecule has 0 aliphatic carbocycles. The minimum atomic E-state index is 0.244. The van der Waals surface area contributed by atoms with Gasteiger partial charge in [0.2, 0.25) is 0 Å². The zero-order chi connectivity index (χ0) is 18.2. The summed E-state index contributed by atoms with van der Waals surface area (Å²) in [6, 6.07) is 2.15. The molecule has 2 aliphatic heterocycles. The van der Waals surface area contributed by atoms with Crippen molar-refractivity contribution in [1.29, 1.82) is 0 Å². The Morgan fingerprint density at radius 1 is 1.33 bits per heavy atom. The van der Waals surface area contributed by atoms with Gasteiger partial charge in [-0.2, -0.15) is 9.47 Å². The maximum Gasteiger partial charge on any atom is 0.180 e. The maximum absolute atomic E-state index is 4.65. The van der Waals surface area contributed by atoms with Gasteiger partial charge in [-0.05, 0) is 37.0 Å². The fourth-order valence-corrected chi connectivity index (χ4v) is 4.53. The van der Waals surface area contributed by atoms with Crippen LogP contribution >= 0.6 is 11.5 Å². The third kappa shape index (κ3) is 3.17. The number of rotatable bonds is 4. The molecule has 5 rings (SSSR count). The van der Waals surface area contributed by atoms with E-state index in [1.807, 2.05) is 36.9 Å². The molecule has 8 nitrogen and oxygen atoms in total. The summed E-state index contributed by atoms with van der Waals surface area (Å²) in [6.07, 6.45) is 10.1. The molecule has 140 valence electrons. The van der Waals surface area contributed by atoms with Crippen molar-refractivity contribution in [1.82, 2.24) is 29.1 Å². The summed E-state index contributed by atoms with van der Waals surface area (Å²) < 4.78 is 6.75. The Kier molecular flexibility index (Phi) is 4.25. The fraction of sp³-hybridized carbons (Fsp3) is 0.444. The number of nitrogens with zero attached hydrogens (tertiary/aromatic N) is 6. The molecule has 1 saturated heterocycles. The SMILES string of the molecule is CN1CC(c2cnc3c(Nc4cc(C5CCCNC5)ns4)nccn23)C=N1. The van der Waals surface area contributed by atoms with Crippen molar-refractivity contribution in [2.24, 2.45) is 5.10 Å². The van der Waals surface area contributed by atoms with Crippen molar-refractivity contribution in [3.05, 3.63) is 36.0 Å². The van der Waals surface area contributed by atoms with Crippen molar-refractivity contribution in [3.8, 4) is 0 Å². The fourth-order valence-electron chi connectivity index (χ4n) is 3.80. The molecule has 2 N–H and O–H groups in total. The normalized spacial score (nSPS) is 22.6. The van der Waals surface area contributed by atoms with E-state index in [-0.39, 0.29) is 5.92 Å². The first-order valence-electron chi connectivity index (χ1n) is 9.29. The van der Waals surface area contributed by atoms with E-state index in [0.29, 0.717) is 5.92 Å². The summed E-state index contributed by atoms with van der Waals surface area (Å²) in [7, 11) is 1.98. The van der Waals surface area contributed by atoms with E-state index in [4.69, 9.17) is 0 Å². The number of anilines is 2. The molecule has 0 spiro atoms. The number of aromatic nitrogens is 4. The highest BCUT2D eigenvalue weighted by Gasteiger charge is 2.22. The van der Waals surface area contributed by atoms with Gasteiger partial charge >= 0.3 is 0 Å². The predicted octanol–water partition coefficient (Wildman–Crippen LogP) is 2.41. The standard InChI is InChI=1S/C18H22N8S/c1-25-11-13(9-22-25)15-10-21-18-17(20-5-6-26(15)18)23-16-7-14(24-27-16)12-3-2-4-19-8-12/h5-7,9-10,12-13,19H,2-4,8,11H2,1H3,(H,20,23). The van der Waals surface area contributed by atoms with Crippen LogP contribution < -0.4 is 10.6 Å². The minimum Gasteiger partial charge on any atom is -0.328 e. The van der Waals surface area contributed by atoms with Crippen LogP contribution in [0.1, 0.15) is 36.1 Å². The number of imidazole rings is 1. The Morgan fingerprint density at radius 2 is 2.30 bits per heavy atom. The molecule has 0 bridgehead atoms. The summed E-state index contributed by atoms with van der Waals surface area (Å²) in [5, 5.41) is 14.2. The second kappa shape index (κ2) is 6.90. The van der Waals surface area contributed by atoms with E-state index in [9.17, 15) is 0 Å². The molecule has 0 amide bonds. The topological polar surface area (TPSA) is 82.7 Å². The molecule has 2 aliphatic rings. The van der Waals surface area contributed by atoms with Crippen LogP contribution in [0, 0.1) is 0 Å². The lowest BCUT2D eigenvalue weighted by atomic mass is 9.96. The number of hydrogen-bond donors (Lipinski definition) is 2. The predicted molar refractivity (Wildman–Crippen MR) is 107 cm³/mol. The number of nitrogens with one attached hydrogen (secondary N) is 2. The first-order chi connectivity index (χ1) is 13.3. The first kappa shape index (κ1) is 16.6. The van der Waals surface area contributed by atoms with Crippen molar-refractivity contribution >= 4 is 34.2 Å². The molecule has 9 heteroatoms. The first-order valence-corrected chi connectivity index (χ1v) is 10.1. The summed E-state index contributed by atoms with van der Waals surface area (Å²) in [4.78, 5) is 9.12. The Morgan fingerprint density at radius 3 is 3.11 bits per heavy atom. The Hall–Kier alpha value is -2.52. The number of hydrazone groups is 1. The average molecular weight is 382 g/mol. The van der Waals surface area contributed by atoms with E-state index < -0.39 is 0 Å². The number of piperidine rings is 1. The summed E-state index contributed by atoms with van der Waals surface area (Å²) in [5.74, 6) is 1.50. The summed E-state index contributed by atoms with van der Waals surface area (Å²) in [6.45, 7) is 2.99. The van der Waals surface area contributed by atoms with Gasteiger partial charge in [-0.25, -0.2) is 9.97 Å². The average Bonchev–Trinajstić information content (AvgIpc) is 3.42. The van der Waals surface area contributed by atoms with Gasteiger partial charge in [0.15, 0.2) is 11.5 Å². The van der Waals surface area contributed by atoms with Crippen LogP contribution in [0.15, 0.2) is 29.8 Å². The zero-order valence-electron chi connectivity index (χ0n) is 15.2. The van der Waals surface area contributed by atoms with E-state index in [0.717, 1.165) is 47.5 Å². The molecule has 5 heterocycles. The largest absolute Gasteiger partial charge is 0.328 e. The van der Waals surface area contributed by atoms with Crippen molar-refractivity contribution in [2.75, 3.05) is 32.0 Å². The maximum atomic E-state index is 4.65. The molecule has 2 atom stereocenters. The van der Waals surface area contributed by atoms with E-state index >= 15 is 0 Å². The highest BCUT2D eigenvalue weighted by molar-refractivity contribution is 7.10. The van der Waals surface area contributed by atoms with Crippen molar-refractivity contribution < 1.29 is 0 Å². The van der Waals surface area contributed by atoms with Gasteiger partial charge in [-0.15, -0.1) is 0 Å². The lowest BCUT2D eigenvalue weighted by Gasteiger charge is -2.20. The van der Waals surface area contributed by atoms with Crippen LogP contribution in [-0.2, 0) is 0 Å². The molecule has 3 aromatic rings. The third-order valence-electron chi connectivity index (χ3n) is 5.23. The second-order valence-electron chi connectivity index (χ2n) is 7.15. The van der Waals surface area contributed by atoms with E-state index in [2.05, 4.69) is 40.5 Å². The van der Waals surface area contributed by atoms with E-state index in [1.165, 1.54) is 24.4 Å². The molecule has 0 radical (unpaired) electrons. The van der Waals surface area contributed by atoms with Gasteiger partial charge in [0.1, 0.15) is 5.00 Å².